The summed E-state index contributed by atoms with van der Waals surface area (Å²) >= 11 is 0. The van der Waals surface area contributed by atoms with E-state index >= 15 is 0 Å². The number of carbonyl (C=O) groups excluding carboxylic acids is 2. The lowest BCUT2D eigenvalue weighted by Crippen LogP contribution is -2.37. The molecule has 0 spiro atoms. The lowest BCUT2D eigenvalue weighted by atomic mass is 10.1. The van der Waals surface area contributed by atoms with Crippen LogP contribution >= 0.6 is 0 Å². The average Bonchev–Trinajstić information content (AvgIpc) is 2.63. The number of benzene rings is 1. The van der Waals surface area contributed by atoms with E-state index in [1.165, 1.54) is 11.8 Å². The monoisotopic (exact) mass is 386 g/mol. The van der Waals surface area contributed by atoms with Crippen LogP contribution in [-0.4, -0.2) is 35.6 Å². The molecule has 0 fully saturated rings. The molecule has 0 unspecified atom stereocenters. The molecule has 7 nitrogen and oxygen atoms in total. The molecule has 0 aliphatic carbocycles. The molecule has 28 heavy (non-hydrogen) atoms. The Bertz CT molecular complexity index is 728. The zero-order chi connectivity index (χ0) is 21.2. The molecular formula is C21H30N4O3. The highest BCUT2D eigenvalue weighted by Crippen LogP contribution is 2.14. The maximum absolute atomic E-state index is 12.4. The maximum Gasteiger partial charge on any atom is 0.414 e. The van der Waals surface area contributed by atoms with Gasteiger partial charge in [-0.25, -0.2) is 4.79 Å². The van der Waals surface area contributed by atoms with Crippen molar-refractivity contribution in [2.24, 2.45) is 5.73 Å². The van der Waals surface area contributed by atoms with Gasteiger partial charge in [0.15, 0.2) is 0 Å². The largest absolute Gasteiger partial charge is 0.443 e. The number of nitriles is 1. The molecule has 0 aromatic heterocycles. The van der Waals surface area contributed by atoms with E-state index in [4.69, 9.17) is 10.5 Å². The van der Waals surface area contributed by atoms with Gasteiger partial charge in [0, 0.05) is 25.0 Å². The van der Waals surface area contributed by atoms with Crippen molar-refractivity contribution in [1.82, 2.24) is 4.90 Å². The van der Waals surface area contributed by atoms with E-state index in [0.717, 1.165) is 24.2 Å². The molecular weight excluding hydrogens is 356 g/mol. The minimum absolute atomic E-state index is 0.125. The van der Waals surface area contributed by atoms with Gasteiger partial charge in [-0.3, -0.25) is 9.69 Å². The smallest absolute Gasteiger partial charge is 0.414 e. The molecule has 3 N–H and O–H groups in total. The summed E-state index contributed by atoms with van der Waals surface area (Å²) in [5, 5.41) is 12.0. The van der Waals surface area contributed by atoms with Crippen LogP contribution in [-0.2, 0) is 16.0 Å². The van der Waals surface area contributed by atoms with Crippen molar-refractivity contribution in [2.45, 2.75) is 52.6 Å². The Hall–Kier alpha value is -2.85. The highest BCUT2D eigenvalue weighted by Gasteiger charge is 2.22. The number of hydrogen-bond donors (Lipinski definition) is 2. The number of aryl methyl sites for hydroxylation is 1. The van der Waals surface area contributed by atoms with Crippen LogP contribution < -0.4 is 11.1 Å². The van der Waals surface area contributed by atoms with Crippen LogP contribution in [0.4, 0.5) is 10.5 Å². The summed E-state index contributed by atoms with van der Waals surface area (Å²) in [5.74, 6) is -0.602. The van der Waals surface area contributed by atoms with Crippen molar-refractivity contribution in [3.05, 3.63) is 41.6 Å². The highest BCUT2D eigenvalue weighted by atomic mass is 16.6. The number of unbranched alkanes of at least 4 members (excludes halogenated alkanes) is 1. The minimum Gasteiger partial charge on any atom is -0.443 e. The summed E-state index contributed by atoms with van der Waals surface area (Å²) in [5.41, 5.74) is 6.39. The molecule has 1 aromatic rings. The van der Waals surface area contributed by atoms with Crippen molar-refractivity contribution < 1.29 is 14.3 Å². The zero-order valence-corrected chi connectivity index (χ0v) is 17.1. The van der Waals surface area contributed by atoms with E-state index in [-0.39, 0.29) is 18.7 Å². The summed E-state index contributed by atoms with van der Waals surface area (Å²) in [4.78, 5) is 25.8. The number of nitrogens with zero attached hydrogens (tertiary/aromatic N) is 2. The molecule has 2 amide bonds. The van der Waals surface area contributed by atoms with Gasteiger partial charge in [-0.2, -0.15) is 5.26 Å². The van der Waals surface area contributed by atoms with Crippen molar-refractivity contribution in [3.8, 4) is 6.07 Å². The molecule has 0 aliphatic heterocycles. The molecule has 0 saturated carbocycles. The Morgan fingerprint density at radius 3 is 2.43 bits per heavy atom. The first-order chi connectivity index (χ1) is 13.2. The fourth-order valence-electron chi connectivity index (χ4n) is 2.30. The van der Waals surface area contributed by atoms with Crippen LogP contribution in [0.3, 0.4) is 0 Å². The summed E-state index contributed by atoms with van der Waals surface area (Å²) in [6, 6.07) is 9.31. The number of nitrogens with two attached hydrogens (primary N) is 1. The second-order valence-corrected chi connectivity index (χ2v) is 7.37. The van der Waals surface area contributed by atoms with Crippen molar-refractivity contribution in [2.75, 3.05) is 18.4 Å². The zero-order valence-electron chi connectivity index (χ0n) is 17.1. The summed E-state index contributed by atoms with van der Waals surface area (Å²) in [6.07, 6.45) is 3.71. The van der Waals surface area contributed by atoms with Crippen LogP contribution in [0.5, 0.6) is 0 Å². The van der Waals surface area contributed by atoms with Crippen molar-refractivity contribution >= 4 is 17.7 Å². The normalized spacial score (nSPS) is 11.5. The number of amides is 2. The summed E-state index contributed by atoms with van der Waals surface area (Å²) < 4.78 is 5.29. The number of anilines is 1. The Morgan fingerprint density at radius 2 is 1.93 bits per heavy atom. The minimum atomic E-state index is -0.702. The quantitative estimate of drug-likeness (QED) is 0.524. The Balaban J connectivity index is 2.89. The molecule has 0 bridgehead atoms. The predicted octanol–water partition coefficient (Wildman–Crippen LogP) is 3.57. The van der Waals surface area contributed by atoms with Gasteiger partial charge in [0.25, 0.3) is 5.91 Å². The van der Waals surface area contributed by atoms with Gasteiger partial charge in [0.2, 0.25) is 0 Å². The number of rotatable bonds is 8. The molecule has 0 atom stereocenters. The topological polar surface area (TPSA) is 108 Å². The molecule has 7 heteroatoms. The second-order valence-electron chi connectivity index (χ2n) is 7.37. The van der Waals surface area contributed by atoms with Gasteiger partial charge < -0.3 is 15.8 Å². The van der Waals surface area contributed by atoms with Gasteiger partial charge >= 0.3 is 6.09 Å². The number of ether oxygens (including phenoxy) is 1. The standard InChI is InChI=1S/C21H30N4O3/c1-5-6-7-16-8-10-18(11-9-16)24-19(26)17(14-23)15-25(13-12-22)20(27)28-21(2,3)4/h8-11,15H,5-7,12-13,22H2,1-4H3,(H,24,26)/b17-15-. The lowest BCUT2D eigenvalue weighted by Gasteiger charge is -2.25. The van der Waals surface area contributed by atoms with E-state index in [1.54, 1.807) is 32.9 Å². The first-order valence-electron chi connectivity index (χ1n) is 9.42. The third kappa shape index (κ3) is 8.23. The molecule has 1 aromatic carbocycles. The van der Waals surface area contributed by atoms with Crippen LogP contribution in [0.25, 0.3) is 0 Å². The van der Waals surface area contributed by atoms with Gasteiger partial charge in [-0.05, 0) is 51.3 Å². The first kappa shape index (κ1) is 23.2. The number of hydrogen-bond acceptors (Lipinski definition) is 5. The SMILES string of the molecule is CCCCc1ccc(NC(=O)/C(C#N)=C\N(CCN)C(=O)OC(C)(C)C)cc1. The molecule has 0 radical (unpaired) electrons. The van der Waals surface area contributed by atoms with E-state index in [9.17, 15) is 14.9 Å². The van der Waals surface area contributed by atoms with Crippen molar-refractivity contribution in [1.29, 1.82) is 5.26 Å². The molecule has 0 aliphatic rings. The number of nitrogens with one attached hydrogen (secondary N) is 1. The molecule has 152 valence electrons. The third-order valence-electron chi connectivity index (χ3n) is 3.68. The summed E-state index contributed by atoms with van der Waals surface area (Å²) in [6.45, 7) is 7.62. The van der Waals surface area contributed by atoms with Gasteiger partial charge in [0.05, 0.1) is 0 Å². The van der Waals surface area contributed by atoms with Gasteiger partial charge in [-0.1, -0.05) is 25.5 Å². The summed E-state index contributed by atoms with van der Waals surface area (Å²) in [7, 11) is 0. The van der Waals surface area contributed by atoms with Crippen LogP contribution in [0, 0.1) is 11.3 Å². The predicted molar refractivity (Wildman–Crippen MR) is 109 cm³/mol. The lowest BCUT2D eigenvalue weighted by molar-refractivity contribution is -0.112. The Morgan fingerprint density at radius 1 is 1.29 bits per heavy atom. The van der Waals surface area contributed by atoms with E-state index in [1.807, 2.05) is 18.2 Å². The molecule has 0 heterocycles. The average molecular weight is 386 g/mol. The van der Waals surface area contributed by atoms with E-state index < -0.39 is 17.6 Å². The van der Waals surface area contributed by atoms with Crippen LogP contribution in [0.15, 0.2) is 36.0 Å². The highest BCUT2D eigenvalue weighted by molar-refractivity contribution is 6.06. The number of carbonyl (C=O) groups is 2. The Labute approximate surface area is 167 Å². The molecule has 0 saturated heterocycles. The van der Waals surface area contributed by atoms with Gasteiger partial charge in [-0.15, -0.1) is 0 Å². The Kier molecular flexibility index (Phi) is 9.19. The second kappa shape index (κ2) is 11.1. The fourth-order valence-corrected chi connectivity index (χ4v) is 2.30. The van der Waals surface area contributed by atoms with Crippen LogP contribution in [0.1, 0.15) is 46.1 Å². The molecule has 1 rings (SSSR count). The van der Waals surface area contributed by atoms with E-state index in [0.29, 0.717) is 5.69 Å². The van der Waals surface area contributed by atoms with Crippen LogP contribution in [0.2, 0.25) is 0 Å². The van der Waals surface area contributed by atoms with Gasteiger partial charge in [0.1, 0.15) is 17.2 Å². The fraction of sp³-hybridized carbons (Fsp3) is 0.476. The van der Waals surface area contributed by atoms with E-state index in [2.05, 4.69) is 12.2 Å². The third-order valence-corrected chi connectivity index (χ3v) is 3.68. The van der Waals surface area contributed by atoms with Crippen molar-refractivity contribution in [3.63, 3.8) is 0 Å². The first-order valence-corrected chi connectivity index (χ1v) is 9.42. The maximum atomic E-state index is 12.4.